The van der Waals surface area contributed by atoms with E-state index < -0.39 is 0 Å². The van der Waals surface area contributed by atoms with Crippen LogP contribution in [0.15, 0.2) is 36.5 Å². The molecule has 0 atom stereocenters. The molecule has 0 fully saturated rings. The van der Waals surface area contributed by atoms with Gasteiger partial charge in [0.25, 0.3) is 0 Å². The van der Waals surface area contributed by atoms with Crippen LogP contribution in [0.25, 0.3) is 10.9 Å². The van der Waals surface area contributed by atoms with E-state index >= 15 is 0 Å². The average Bonchev–Trinajstić information content (AvgIpc) is 2.34. The molecule has 0 aliphatic heterocycles. The van der Waals surface area contributed by atoms with Gasteiger partial charge >= 0.3 is 0 Å². The monoisotopic (exact) mass is 232 g/mol. The van der Waals surface area contributed by atoms with E-state index in [1.165, 1.54) is 23.2 Å². The number of rotatable bonds is 5. The number of fused-ring (bicyclic) bond motifs is 1. The molecule has 0 spiro atoms. The van der Waals surface area contributed by atoms with Gasteiger partial charge in [-0.15, -0.1) is 0 Å². The maximum atomic E-state index is 4.30. The highest BCUT2D eigenvalue weighted by molar-refractivity contribution is 7.98. The normalized spacial score (nSPS) is 10.6. The van der Waals surface area contributed by atoms with Gasteiger partial charge in [-0.1, -0.05) is 6.07 Å². The lowest BCUT2D eigenvalue weighted by Crippen LogP contribution is -2.02. The van der Waals surface area contributed by atoms with Crippen molar-refractivity contribution in [1.82, 2.24) is 4.98 Å². The third-order valence-electron chi connectivity index (χ3n) is 2.46. The predicted molar refractivity (Wildman–Crippen MR) is 73.2 cm³/mol. The zero-order valence-corrected chi connectivity index (χ0v) is 10.3. The lowest BCUT2D eigenvalue weighted by molar-refractivity contribution is 0.994. The van der Waals surface area contributed by atoms with Crippen LogP contribution in [0.3, 0.4) is 0 Å². The van der Waals surface area contributed by atoms with Crippen LogP contribution in [0.2, 0.25) is 0 Å². The molecule has 2 nitrogen and oxygen atoms in total. The first-order chi connectivity index (χ1) is 7.90. The van der Waals surface area contributed by atoms with Crippen LogP contribution in [0.5, 0.6) is 0 Å². The molecular formula is C13H16N2S. The van der Waals surface area contributed by atoms with E-state index in [4.69, 9.17) is 0 Å². The second kappa shape index (κ2) is 5.75. The van der Waals surface area contributed by atoms with Crippen LogP contribution in [-0.4, -0.2) is 23.5 Å². The van der Waals surface area contributed by atoms with Crippen LogP contribution >= 0.6 is 11.8 Å². The van der Waals surface area contributed by atoms with Crippen LogP contribution < -0.4 is 5.32 Å². The fourth-order valence-corrected chi connectivity index (χ4v) is 2.07. The van der Waals surface area contributed by atoms with Gasteiger partial charge in [0, 0.05) is 23.8 Å². The van der Waals surface area contributed by atoms with Crippen molar-refractivity contribution in [3.8, 4) is 0 Å². The average molecular weight is 232 g/mol. The van der Waals surface area contributed by atoms with E-state index in [1.807, 2.05) is 24.0 Å². The highest BCUT2D eigenvalue weighted by Crippen LogP contribution is 2.16. The quantitative estimate of drug-likeness (QED) is 0.800. The van der Waals surface area contributed by atoms with Gasteiger partial charge in [0.05, 0.1) is 5.52 Å². The molecule has 0 aliphatic rings. The molecule has 1 N–H and O–H groups in total. The van der Waals surface area contributed by atoms with Crippen molar-refractivity contribution >= 4 is 28.4 Å². The van der Waals surface area contributed by atoms with E-state index in [0.717, 1.165) is 12.1 Å². The van der Waals surface area contributed by atoms with Crippen molar-refractivity contribution < 1.29 is 0 Å². The van der Waals surface area contributed by atoms with Crippen molar-refractivity contribution in [3.05, 3.63) is 36.5 Å². The SMILES string of the molecule is CSCCCNc1ccc2ncccc2c1. The molecule has 16 heavy (non-hydrogen) atoms. The highest BCUT2D eigenvalue weighted by Gasteiger charge is 1.95. The first-order valence-electron chi connectivity index (χ1n) is 5.48. The Hall–Kier alpha value is -1.22. The maximum absolute atomic E-state index is 4.30. The van der Waals surface area contributed by atoms with Crippen LogP contribution in [-0.2, 0) is 0 Å². The molecule has 1 aromatic carbocycles. The second-order valence-electron chi connectivity index (χ2n) is 3.68. The minimum atomic E-state index is 1.03. The van der Waals surface area contributed by atoms with Gasteiger partial charge in [-0.25, -0.2) is 0 Å². The first kappa shape index (κ1) is 11.3. The zero-order chi connectivity index (χ0) is 11.2. The summed E-state index contributed by atoms with van der Waals surface area (Å²) in [6, 6.07) is 10.4. The van der Waals surface area contributed by atoms with Gasteiger partial charge in [0.2, 0.25) is 0 Å². The molecule has 84 valence electrons. The number of benzene rings is 1. The molecule has 0 saturated carbocycles. The number of aromatic nitrogens is 1. The Morgan fingerprint density at radius 1 is 1.31 bits per heavy atom. The molecule has 3 heteroatoms. The molecule has 2 aromatic rings. The largest absolute Gasteiger partial charge is 0.385 e. The molecule has 0 aliphatic carbocycles. The fraction of sp³-hybridized carbons (Fsp3) is 0.308. The van der Waals surface area contributed by atoms with Crippen molar-refractivity contribution in [2.45, 2.75) is 6.42 Å². The Balaban J connectivity index is 2.02. The Bertz CT molecular complexity index is 456. The zero-order valence-electron chi connectivity index (χ0n) is 9.44. The smallest absolute Gasteiger partial charge is 0.0703 e. The van der Waals surface area contributed by atoms with Crippen molar-refractivity contribution in [3.63, 3.8) is 0 Å². The number of pyridine rings is 1. The lowest BCUT2D eigenvalue weighted by atomic mass is 10.2. The minimum absolute atomic E-state index is 1.03. The molecule has 0 bridgehead atoms. The Kier molecular flexibility index (Phi) is 4.05. The number of nitrogens with one attached hydrogen (secondary N) is 1. The third kappa shape index (κ3) is 2.89. The molecule has 1 heterocycles. The summed E-state index contributed by atoms with van der Waals surface area (Å²) in [5, 5.41) is 4.62. The summed E-state index contributed by atoms with van der Waals surface area (Å²) in [6.45, 7) is 1.03. The Labute approximate surface area is 100 Å². The summed E-state index contributed by atoms with van der Waals surface area (Å²) < 4.78 is 0. The highest BCUT2D eigenvalue weighted by atomic mass is 32.2. The molecular weight excluding hydrogens is 216 g/mol. The number of anilines is 1. The minimum Gasteiger partial charge on any atom is -0.385 e. The fourth-order valence-electron chi connectivity index (χ4n) is 1.63. The molecule has 0 unspecified atom stereocenters. The van der Waals surface area contributed by atoms with Gasteiger partial charge in [0.15, 0.2) is 0 Å². The number of hydrogen-bond acceptors (Lipinski definition) is 3. The van der Waals surface area contributed by atoms with Crippen molar-refractivity contribution in [2.75, 3.05) is 23.9 Å². The summed E-state index contributed by atoms with van der Waals surface area (Å²) in [4.78, 5) is 4.30. The second-order valence-corrected chi connectivity index (χ2v) is 4.67. The van der Waals surface area contributed by atoms with Gasteiger partial charge < -0.3 is 5.32 Å². The summed E-state index contributed by atoms with van der Waals surface area (Å²) in [6.07, 6.45) is 5.17. The van der Waals surface area contributed by atoms with Crippen molar-refractivity contribution in [1.29, 1.82) is 0 Å². The van der Waals surface area contributed by atoms with Gasteiger partial charge in [0.1, 0.15) is 0 Å². The van der Waals surface area contributed by atoms with E-state index in [9.17, 15) is 0 Å². The molecule has 2 rings (SSSR count). The van der Waals surface area contributed by atoms with E-state index in [1.54, 1.807) is 0 Å². The number of nitrogens with zero attached hydrogens (tertiary/aromatic N) is 1. The van der Waals surface area contributed by atoms with Crippen LogP contribution in [0.4, 0.5) is 5.69 Å². The Morgan fingerprint density at radius 2 is 2.25 bits per heavy atom. The van der Waals surface area contributed by atoms with Crippen LogP contribution in [0, 0.1) is 0 Å². The molecule has 0 amide bonds. The topological polar surface area (TPSA) is 24.9 Å². The van der Waals surface area contributed by atoms with E-state index in [2.05, 4.69) is 40.8 Å². The van der Waals surface area contributed by atoms with E-state index in [-0.39, 0.29) is 0 Å². The van der Waals surface area contributed by atoms with Crippen LogP contribution in [0.1, 0.15) is 6.42 Å². The number of hydrogen-bond donors (Lipinski definition) is 1. The summed E-state index contributed by atoms with van der Waals surface area (Å²) in [5.74, 6) is 1.21. The molecule has 1 aromatic heterocycles. The maximum Gasteiger partial charge on any atom is 0.0703 e. The Morgan fingerprint density at radius 3 is 3.12 bits per heavy atom. The standard InChI is InChI=1S/C13H16N2S/c1-16-9-3-8-14-12-5-6-13-11(10-12)4-2-7-15-13/h2,4-7,10,14H,3,8-9H2,1H3. The summed E-state index contributed by atoms with van der Waals surface area (Å²) >= 11 is 1.89. The third-order valence-corrected chi connectivity index (χ3v) is 3.15. The van der Waals surface area contributed by atoms with Gasteiger partial charge in [-0.3, -0.25) is 4.98 Å². The van der Waals surface area contributed by atoms with Crippen molar-refractivity contribution in [2.24, 2.45) is 0 Å². The van der Waals surface area contributed by atoms with Gasteiger partial charge in [-0.2, -0.15) is 11.8 Å². The predicted octanol–water partition coefficient (Wildman–Crippen LogP) is 3.40. The molecule has 0 radical (unpaired) electrons. The lowest BCUT2D eigenvalue weighted by Gasteiger charge is -2.06. The first-order valence-corrected chi connectivity index (χ1v) is 6.87. The summed E-state index contributed by atoms with van der Waals surface area (Å²) in [7, 11) is 0. The van der Waals surface area contributed by atoms with E-state index in [0.29, 0.717) is 0 Å². The summed E-state index contributed by atoms with van der Waals surface area (Å²) in [5.41, 5.74) is 2.23. The number of thioether (sulfide) groups is 1. The van der Waals surface area contributed by atoms with Gasteiger partial charge in [-0.05, 0) is 42.7 Å². The molecule has 0 saturated heterocycles.